The summed E-state index contributed by atoms with van der Waals surface area (Å²) >= 11 is 0. The fourth-order valence-electron chi connectivity index (χ4n) is 4.35. The van der Waals surface area contributed by atoms with Gasteiger partial charge in [-0.25, -0.2) is 8.42 Å². The zero-order valence-corrected chi connectivity index (χ0v) is 20.1. The Bertz CT molecular complexity index is 650. The van der Waals surface area contributed by atoms with E-state index in [1.54, 1.807) is 0 Å². The van der Waals surface area contributed by atoms with Crippen LogP contribution in [0.3, 0.4) is 0 Å². The van der Waals surface area contributed by atoms with E-state index in [2.05, 4.69) is 5.32 Å². The highest BCUT2D eigenvalue weighted by Crippen LogP contribution is 2.23. The summed E-state index contributed by atoms with van der Waals surface area (Å²) in [5.41, 5.74) is 0. The first-order valence-electron chi connectivity index (χ1n) is 10.5. The summed E-state index contributed by atoms with van der Waals surface area (Å²) in [5, 5.41) is 3.51. The fourth-order valence-corrected chi connectivity index (χ4v) is 6.20. The molecule has 0 aromatic rings. The van der Waals surface area contributed by atoms with Crippen LogP contribution in [-0.4, -0.2) is 80.9 Å². The number of nitrogens with one attached hydrogen (secondary N) is 1. The third kappa shape index (κ3) is 6.74. The smallest absolute Gasteiger partial charge is 0.242 e. The summed E-state index contributed by atoms with van der Waals surface area (Å²) in [6, 6.07) is 0. The molecule has 162 valence electrons. The Morgan fingerprint density at radius 2 is 1.89 bits per heavy atom. The lowest BCUT2D eigenvalue weighted by molar-refractivity contribution is -0.134. The number of guanidine groups is 1. The number of carbonyl (C=O) groups is 1. The highest BCUT2D eigenvalue weighted by molar-refractivity contribution is 14.0. The molecule has 1 aliphatic carbocycles. The molecule has 3 fully saturated rings. The van der Waals surface area contributed by atoms with E-state index in [9.17, 15) is 13.2 Å². The molecule has 28 heavy (non-hydrogen) atoms. The third-order valence-corrected chi connectivity index (χ3v) is 7.94. The quantitative estimate of drug-likeness (QED) is 0.335. The number of rotatable bonds is 5. The Morgan fingerprint density at radius 1 is 1.14 bits per heavy atom. The maximum absolute atomic E-state index is 12.3. The molecule has 7 nitrogen and oxygen atoms in total. The molecule has 0 spiro atoms. The molecule has 2 heterocycles. The Labute approximate surface area is 186 Å². The number of carbonyl (C=O) groups excluding carboxylic acids is 1. The van der Waals surface area contributed by atoms with Crippen LogP contribution in [0.1, 0.15) is 45.4 Å². The van der Waals surface area contributed by atoms with Crippen LogP contribution in [0.5, 0.6) is 0 Å². The summed E-state index contributed by atoms with van der Waals surface area (Å²) in [7, 11) is -2.88. The maximum Gasteiger partial charge on any atom is 0.242 e. The van der Waals surface area contributed by atoms with Crippen molar-refractivity contribution in [2.24, 2.45) is 16.8 Å². The number of sulfone groups is 1. The van der Waals surface area contributed by atoms with Crippen molar-refractivity contribution in [3.05, 3.63) is 0 Å². The van der Waals surface area contributed by atoms with E-state index in [0.29, 0.717) is 25.4 Å². The Hall–Kier alpha value is -0.580. The number of piperazine rings is 1. The van der Waals surface area contributed by atoms with Crippen LogP contribution in [0.15, 0.2) is 4.99 Å². The predicted molar refractivity (Wildman–Crippen MR) is 123 cm³/mol. The number of hydrogen-bond donors (Lipinski definition) is 1. The molecular weight excluding hydrogens is 491 g/mol. The van der Waals surface area contributed by atoms with Gasteiger partial charge in [-0.1, -0.05) is 19.3 Å². The molecule has 1 atom stereocenters. The van der Waals surface area contributed by atoms with Crippen molar-refractivity contribution in [2.45, 2.75) is 45.4 Å². The molecule has 1 amide bonds. The van der Waals surface area contributed by atoms with Gasteiger partial charge in [0.05, 0.1) is 18.1 Å². The van der Waals surface area contributed by atoms with Gasteiger partial charge in [0.25, 0.3) is 0 Å². The Morgan fingerprint density at radius 3 is 2.50 bits per heavy atom. The van der Waals surface area contributed by atoms with E-state index in [-0.39, 0.29) is 47.3 Å². The second-order valence-electron chi connectivity index (χ2n) is 8.21. The molecule has 9 heteroatoms. The van der Waals surface area contributed by atoms with Gasteiger partial charge in [-0.3, -0.25) is 9.79 Å². The van der Waals surface area contributed by atoms with Gasteiger partial charge >= 0.3 is 0 Å². The summed E-state index contributed by atoms with van der Waals surface area (Å²) in [4.78, 5) is 21.0. The van der Waals surface area contributed by atoms with E-state index in [1.165, 1.54) is 32.1 Å². The van der Waals surface area contributed by atoms with Crippen molar-refractivity contribution in [3.63, 3.8) is 0 Å². The lowest BCUT2D eigenvalue weighted by Crippen LogP contribution is -2.55. The number of nitrogens with zero attached hydrogens (tertiary/aromatic N) is 3. The van der Waals surface area contributed by atoms with Gasteiger partial charge in [-0.2, -0.15) is 0 Å². The van der Waals surface area contributed by atoms with Crippen LogP contribution < -0.4 is 5.32 Å². The molecular formula is C19H35IN4O3S. The second kappa shape index (κ2) is 11.0. The molecule has 0 bridgehead atoms. The lowest BCUT2D eigenvalue weighted by Gasteiger charge is -2.36. The molecule has 1 unspecified atom stereocenters. The van der Waals surface area contributed by atoms with Crippen molar-refractivity contribution in [3.8, 4) is 0 Å². The van der Waals surface area contributed by atoms with Crippen LogP contribution in [0.2, 0.25) is 0 Å². The SMILES string of the molecule is CCN1CCN(C(=NCC2CCS(=O)(=O)C2)NCC2CCCCC2)CC1=O.I. The van der Waals surface area contributed by atoms with Crippen LogP contribution >= 0.6 is 24.0 Å². The average Bonchev–Trinajstić information content (AvgIpc) is 3.01. The summed E-state index contributed by atoms with van der Waals surface area (Å²) < 4.78 is 23.4. The van der Waals surface area contributed by atoms with E-state index < -0.39 is 9.84 Å². The normalized spacial score (nSPS) is 26.2. The van der Waals surface area contributed by atoms with Gasteiger partial charge < -0.3 is 15.1 Å². The van der Waals surface area contributed by atoms with Gasteiger partial charge in [-0.15, -0.1) is 24.0 Å². The standard InChI is InChI=1S/C19H34N4O3S.HI/c1-2-22-9-10-23(14-18(22)24)19(20-12-16-6-4-3-5-7-16)21-13-17-8-11-27(25,26)15-17;/h16-17H,2-15H2,1H3,(H,20,21);1H. The minimum absolute atomic E-state index is 0. The Kier molecular flexibility index (Phi) is 9.30. The fraction of sp³-hybridized carbons (Fsp3) is 0.895. The van der Waals surface area contributed by atoms with Crippen molar-refractivity contribution in [1.29, 1.82) is 0 Å². The third-order valence-electron chi connectivity index (χ3n) is 6.10. The molecule has 1 N–H and O–H groups in total. The van der Waals surface area contributed by atoms with E-state index in [0.717, 1.165) is 32.1 Å². The monoisotopic (exact) mass is 526 g/mol. The summed E-state index contributed by atoms with van der Waals surface area (Å²) in [6.45, 7) is 6.01. The van der Waals surface area contributed by atoms with Crippen LogP contribution in [0.4, 0.5) is 0 Å². The average molecular weight is 526 g/mol. The molecule has 1 saturated carbocycles. The van der Waals surface area contributed by atoms with Gasteiger partial charge in [0, 0.05) is 32.7 Å². The molecule has 3 rings (SSSR count). The van der Waals surface area contributed by atoms with E-state index in [4.69, 9.17) is 4.99 Å². The van der Waals surface area contributed by atoms with Gasteiger partial charge in [-0.05, 0) is 38.0 Å². The van der Waals surface area contributed by atoms with Crippen molar-refractivity contribution in [2.75, 3.05) is 50.8 Å². The highest BCUT2D eigenvalue weighted by atomic mass is 127. The van der Waals surface area contributed by atoms with Gasteiger partial charge in [0.2, 0.25) is 5.91 Å². The highest BCUT2D eigenvalue weighted by Gasteiger charge is 2.29. The first-order valence-corrected chi connectivity index (χ1v) is 12.3. The number of hydrogen-bond acceptors (Lipinski definition) is 4. The number of aliphatic imine (C=N–C) groups is 1. The number of likely N-dealkylation sites (N-methyl/N-ethyl adjacent to an activating group) is 1. The molecule has 0 aromatic heterocycles. The van der Waals surface area contributed by atoms with Crippen molar-refractivity contribution < 1.29 is 13.2 Å². The largest absolute Gasteiger partial charge is 0.356 e. The van der Waals surface area contributed by atoms with Crippen LogP contribution in [0, 0.1) is 11.8 Å². The molecule has 0 aromatic carbocycles. The molecule has 2 saturated heterocycles. The number of amides is 1. The van der Waals surface area contributed by atoms with E-state index in [1.807, 2.05) is 16.7 Å². The molecule has 2 aliphatic heterocycles. The zero-order chi connectivity index (χ0) is 19.3. The number of halogens is 1. The van der Waals surface area contributed by atoms with E-state index >= 15 is 0 Å². The first-order chi connectivity index (χ1) is 13.0. The predicted octanol–water partition coefficient (Wildman–Crippen LogP) is 1.73. The van der Waals surface area contributed by atoms with Crippen molar-refractivity contribution >= 4 is 45.7 Å². The van der Waals surface area contributed by atoms with Crippen LogP contribution in [-0.2, 0) is 14.6 Å². The van der Waals surface area contributed by atoms with Crippen LogP contribution in [0.25, 0.3) is 0 Å². The second-order valence-corrected chi connectivity index (χ2v) is 10.4. The minimum Gasteiger partial charge on any atom is -0.356 e. The maximum atomic E-state index is 12.3. The molecule has 3 aliphatic rings. The van der Waals surface area contributed by atoms with Gasteiger partial charge in [0.1, 0.15) is 0 Å². The van der Waals surface area contributed by atoms with Gasteiger partial charge in [0.15, 0.2) is 15.8 Å². The summed E-state index contributed by atoms with van der Waals surface area (Å²) in [5.74, 6) is 2.23. The Balaban J connectivity index is 0.00000280. The zero-order valence-electron chi connectivity index (χ0n) is 16.9. The lowest BCUT2D eigenvalue weighted by atomic mass is 9.89. The first kappa shape index (κ1) is 23.7. The van der Waals surface area contributed by atoms with Crippen molar-refractivity contribution in [1.82, 2.24) is 15.1 Å². The minimum atomic E-state index is -2.88. The summed E-state index contributed by atoms with van der Waals surface area (Å²) in [6.07, 6.45) is 7.14. The topological polar surface area (TPSA) is 82.1 Å². The molecule has 0 radical (unpaired) electrons.